The number of aliphatic hydroxyl groups is 1. The molecular formula is C32H48BrN5O5S. The predicted octanol–water partition coefficient (Wildman–Crippen LogP) is 4.98. The minimum Gasteiger partial charge on any atom is -0.399 e. The van der Waals surface area contributed by atoms with E-state index in [2.05, 4.69) is 26.6 Å². The van der Waals surface area contributed by atoms with Crippen LogP contribution in [0.15, 0.2) is 75.2 Å². The molecular weight excluding hydrogens is 646 g/mol. The molecule has 0 aromatic heterocycles. The number of unbranched alkanes of at least 4 members (excludes halogenated alkanes) is 1. The van der Waals surface area contributed by atoms with Gasteiger partial charge in [-0.25, -0.2) is 8.42 Å². The minimum atomic E-state index is -3.83. The highest BCUT2D eigenvalue weighted by Crippen LogP contribution is 2.27. The number of rotatable bonds is 18. The summed E-state index contributed by atoms with van der Waals surface area (Å²) in [5.74, 6) is -0.745. The molecule has 10 nitrogen and oxygen atoms in total. The number of benzene rings is 1. The lowest BCUT2D eigenvalue weighted by Gasteiger charge is -2.29. The second-order valence-electron chi connectivity index (χ2n) is 10.2. The summed E-state index contributed by atoms with van der Waals surface area (Å²) in [6.07, 6.45) is 13.8. The first-order valence-electron chi connectivity index (χ1n) is 14.5. The van der Waals surface area contributed by atoms with E-state index in [-0.39, 0.29) is 31.4 Å². The number of allylic oxidation sites excluding steroid dienone is 5. The maximum atomic E-state index is 13.3. The van der Waals surface area contributed by atoms with E-state index in [0.29, 0.717) is 49.9 Å². The molecule has 2 atom stereocenters. The van der Waals surface area contributed by atoms with Crippen molar-refractivity contribution in [3.8, 4) is 0 Å². The van der Waals surface area contributed by atoms with Gasteiger partial charge in [-0.05, 0) is 85.5 Å². The van der Waals surface area contributed by atoms with Gasteiger partial charge >= 0.3 is 0 Å². The van der Waals surface area contributed by atoms with Crippen molar-refractivity contribution < 1.29 is 23.1 Å². The highest BCUT2D eigenvalue weighted by atomic mass is 79.9. The molecule has 0 fully saturated rings. The average molecular weight is 695 g/mol. The van der Waals surface area contributed by atoms with Gasteiger partial charge in [0.05, 0.1) is 11.5 Å². The van der Waals surface area contributed by atoms with Gasteiger partial charge in [-0.2, -0.15) is 4.31 Å². The third-order valence-corrected chi connectivity index (χ3v) is 9.87. The summed E-state index contributed by atoms with van der Waals surface area (Å²) in [6.45, 7) is 3.85. The van der Waals surface area contributed by atoms with E-state index >= 15 is 0 Å². The third-order valence-electron chi connectivity index (χ3n) is 7.00. The number of hydrogen-bond acceptors (Lipinski definition) is 7. The summed E-state index contributed by atoms with van der Waals surface area (Å²) in [6, 6.07) is 4.57. The van der Waals surface area contributed by atoms with E-state index in [1.807, 2.05) is 19.1 Å². The number of nitrogens with two attached hydrogens (primary N) is 1. The van der Waals surface area contributed by atoms with Crippen LogP contribution >= 0.6 is 15.9 Å². The summed E-state index contributed by atoms with van der Waals surface area (Å²) in [4.78, 5) is 26.3. The zero-order valence-electron chi connectivity index (χ0n) is 24.9. The zero-order chi connectivity index (χ0) is 31.8. The first-order chi connectivity index (χ1) is 20.6. The largest absolute Gasteiger partial charge is 0.399 e. The second-order valence-corrected chi connectivity index (χ2v) is 13.0. The number of nitrogens with zero attached hydrogens (tertiary/aromatic N) is 1. The van der Waals surface area contributed by atoms with Gasteiger partial charge in [-0.3, -0.25) is 9.59 Å². The Morgan fingerprint density at radius 3 is 2.52 bits per heavy atom. The molecule has 1 aromatic rings. The number of halogens is 1. The quantitative estimate of drug-likeness (QED) is 0.0478. The summed E-state index contributed by atoms with van der Waals surface area (Å²) < 4.78 is 29.0. The Labute approximate surface area is 271 Å². The fourth-order valence-electron chi connectivity index (χ4n) is 4.65. The van der Waals surface area contributed by atoms with Crippen LogP contribution in [0.1, 0.15) is 66.2 Å². The number of carbonyl (C=O) groups excluding carboxylic acids is 2. The van der Waals surface area contributed by atoms with Gasteiger partial charge < -0.3 is 26.9 Å². The standard InChI is InChI=1S/C31H44BrN5O5S.CH4/c1-3-20-37(43(41,42)27-16-14-25(34)15-17-27)26(22-38)12-7-8-19-35-31(40)29(21-24-10-5-6-13-28(24)32)36-30(39)23(4-2)11-9-18-33;/h4-5,9-11,14-18,26,29,33,38H,3,6-8,12-13,19-22,34H2,1-2H3,(H,35,40)(H,36,39);1H4/b11-9-,23-4-,33-18?;/t26-,29?;/m0./s1. The van der Waals surface area contributed by atoms with E-state index in [4.69, 9.17) is 11.1 Å². The number of nitrogen functional groups attached to an aromatic ring is 1. The van der Waals surface area contributed by atoms with Crippen molar-refractivity contribution in [3.63, 3.8) is 0 Å². The minimum absolute atomic E-state index is 0. The van der Waals surface area contributed by atoms with Gasteiger partial charge in [0.1, 0.15) is 6.04 Å². The van der Waals surface area contributed by atoms with Crippen LogP contribution in [0, 0.1) is 5.41 Å². The first-order valence-corrected chi connectivity index (χ1v) is 16.8. The molecule has 0 aliphatic heterocycles. The van der Waals surface area contributed by atoms with Crippen molar-refractivity contribution in [2.24, 2.45) is 0 Å². The zero-order valence-corrected chi connectivity index (χ0v) is 27.3. The van der Waals surface area contributed by atoms with Gasteiger partial charge in [0.15, 0.2) is 0 Å². The van der Waals surface area contributed by atoms with Crippen LogP contribution in [0.2, 0.25) is 0 Å². The van der Waals surface area contributed by atoms with E-state index in [1.54, 1.807) is 13.0 Å². The Kier molecular flexibility index (Phi) is 17.8. The lowest BCUT2D eigenvalue weighted by molar-refractivity contribution is -0.127. The van der Waals surface area contributed by atoms with Crippen LogP contribution in [0.5, 0.6) is 0 Å². The molecule has 0 heterocycles. The van der Waals surface area contributed by atoms with Crippen molar-refractivity contribution in [3.05, 3.63) is 70.3 Å². The number of nitrogens with one attached hydrogen (secondary N) is 3. The smallest absolute Gasteiger partial charge is 0.251 e. The lowest BCUT2D eigenvalue weighted by Crippen LogP contribution is -2.47. The number of carbonyl (C=O) groups is 2. The highest BCUT2D eigenvalue weighted by Gasteiger charge is 2.30. The number of anilines is 1. The van der Waals surface area contributed by atoms with Gasteiger partial charge in [0, 0.05) is 43.0 Å². The maximum Gasteiger partial charge on any atom is 0.251 e. The van der Waals surface area contributed by atoms with Gasteiger partial charge in [0.25, 0.3) is 5.91 Å². The average Bonchev–Trinajstić information content (AvgIpc) is 2.99. The Bertz CT molecular complexity index is 1320. The number of hydrogen-bond donors (Lipinski definition) is 5. The summed E-state index contributed by atoms with van der Waals surface area (Å²) in [5, 5.41) is 23.0. The molecule has 0 saturated heterocycles. The van der Waals surface area contributed by atoms with Crippen LogP contribution in [0.3, 0.4) is 0 Å². The molecule has 1 aromatic carbocycles. The molecule has 0 bridgehead atoms. The van der Waals surface area contributed by atoms with E-state index < -0.39 is 28.0 Å². The van der Waals surface area contributed by atoms with Crippen LogP contribution < -0.4 is 16.4 Å². The molecule has 2 amide bonds. The number of amides is 2. The molecule has 1 unspecified atom stereocenters. The van der Waals surface area contributed by atoms with Crippen molar-refractivity contribution in [2.45, 2.75) is 83.2 Å². The molecule has 0 radical (unpaired) electrons. The Balaban J connectivity index is 0.00000968. The second kappa shape index (κ2) is 20.1. The molecule has 0 saturated carbocycles. The van der Waals surface area contributed by atoms with Crippen LogP contribution in [-0.4, -0.2) is 67.6 Å². The molecule has 244 valence electrons. The fraction of sp³-hybridized carbons (Fsp3) is 0.469. The van der Waals surface area contributed by atoms with Gasteiger partial charge in [0.2, 0.25) is 15.9 Å². The van der Waals surface area contributed by atoms with Crippen LogP contribution in [-0.2, 0) is 19.6 Å². The van der Waals surface area contributed by atoms with E-state index in [9.17, 15) is 23.1 Å². The molecule has 2 rings (SSSR count). The highest BCUT2D eigenvalue weighted by molar-refractivity contribution is 9.11. The molecule has 0 spiro atoms. The molecule has 1 aliphatic carbocycles. The lowest BCUT2D eigenvalue weighted by atomic mass is 9.99. The first kappa shape index (κ1) is 39.0. The van der Waals surface area contributed by atoms with Crippen molar-refractivity contribution in [1.82, 2.24) is 14.9 Å². The van der Waals surface area contributed by atoms with Crippen molar-refractivity contribution in [2.75, 3.05) is 25.4 Å². The summed E-state index contributed by atoms with van der Waals surface area (Å²) in [7, 11) is -3.83. The topological polar surface area (TPSA) is 166 Å². The van der Waals surface area contributed by atoms with Gasteiger partial charge in [-0.15, -0.1) is 0 Å². The Hall–Kier alpha value is -3.06. The third kappa shape index (κ3) is 11.8. The molecule has 1 aliphatic rings. The van der Waals surface area contributed by atoms with E-state index in [0.717, 1.165) is 29.1 Å². The molecule has 12 heteroatoms. The van der Waals surface area contributed by atoms with Gasteiger partial charge in [-0.1, -0.05) is 54.9 Å². The van der Waals surface area contributed by atoms with Crippen LogP contribution in [0.25, 0.3) is 0 Å². The maximum absolute atomic E-state index is 13.3. The Morgan fingerprint density at radius 1 is 1.23 bits per heavy atom. The van der Waals surface area contributed by atoms with Crippen molar-refractivity contribution in [1.29, 1.82) is 5.41 Å². The SMILES string of the molecule is C.C/C=C(/C=C\C=N)C(=O)NC(CC1=C(Br)CCC=C1)C(=O)NCCCC[C@@H](CO)N(CCC)S(=O)(=O)c1ccc(N)cc1. The Morgan fingerprint density at radius 2 is 1.93 bits per heavy atom. The molecule has 44 heavy (non-hydrogen) atoms. The monoisotopic (exact) mass is 693 g/mol. The fourth-order valence-corrected chi connectivity index (χ4v) is 6.91. The summed E-state index contributed by atoms with van der Waals surface area (Å²) >= 11 is 3.59. The number of aliphatic hydroxyl groups excluding tert-OH is 1. The van der Waals surface area contributed by atoms with Crippen molar-refractivity contribution >= 4 is 49.7 Å². The van der Waals surface area contributed by atoms with Crippen LogP contribution in [0.4, 0.5) is 5.69 Å². The number of sulfonamides is 1. The molecule has 6 N–H and O–H groups in total. The summed E-state index contributed by atoms with van der Waals surface area (Å²) in [5.41, 5.74) is 7.46. The predicted molar refractivity (Wildman–Crippen MR) is 182 cm³/mol. The van der Waals surface area contributed by atoms with E-state index in [1.165, 1.54) is 40.7 Å². The normalized spacial score (nSPS) is 15.2.